The Morgan fingerprint density at radius 3 is 1.64 bits per heavy atom. The lowest BCUT2D eigenvalue weighted by Crippen LogP contribution is -2.00. The van der Waals surface area contributed by atoms with E-state index in [1.807, 2.05) is 19.9 Å². The van der Waals surface area contributed by atoms with E-state index in [4.69, 9.17) is 9.97 Å². The van der Waals surface area contributed by atoms with Crippen LogP contribution in [0.2, 0.25) is 0 Å². The molecule has 0 spiro atoms. The van der Waals surface area contributed by atoms with Gasteiger partial charge in [0.25, 0.3) is 0 Å². The van der Waals surface area contributed by atoms with Crippen molar-refractivity contribution in [1.29, 1.82) is 0 Å². The standard InChI is InChI=1S/C37H36Br2N4O10/c1-15-18(4-8-27(44)45)24-14-26-22(12-31(52)53)21(7-11-30(50)51)37(42-26)33(39)35-17(3)20(6-10-29(48)49)36(43-35)32(38)34-16(2)19(5-9-28(46)47)25(41-34)13-23(15)40-24/h13-14,40-41H,4-12H2,1-3H3,(H,44,45)(H,46,47)(H,48,49)(H,50,51)(H,52,53). The van der Waals surface area contributed by atoms with E-state index < -0.39 is 36.3 Å². The Hall–Kier alpha value is -5.09. The highest BCUT2D eigenvalue weighted by Gasteiger charge is 2.29. The van der Waals surface area contributed by atoms with Gasteiger partial charge in [0.05, 0.1) is 43.7 Å². The summed E-state index contributed by atoms with van der Waals surface area (Å²) in [4.78, 5) is 75.9. The first kappa shape index (κ1) is 39.1. The third-order valence-electron chi connectivity index (χ3n) is 9.47. The zero-order valence-corrected chi connectivity index (χ0v) is 32.1. The van der Waals surface area contributed by atoms with Crippen molar-refractivity contribution in [2.75, 3.05) is 0 Å². The summed E-state index contributed by atoms with van der Waals surface area (Å²) in [7, 11) is 0. The minimum absolute atomic E-state index is 0.0601. The summed E-state index contributed by atoms with van der Waals surface area (Å²) < 4.78 is 0.826. The molecule has 0 amide bonds. The fourth-order valence-electron chi connectivity index (χ4n) is 6.79. The maximum Gasteiger partial charge on any atom is 0.307 e. The highest BCUT2D eigenvalue weighted by Crippen LogP contribution is 2.45. The van der Waals surface area contributed by atoms with Crippen molar-refractivity contribution in [2.45, 2.75) is 78.6 Å². The van der Waals surface area contributed by atoms with Gasteiger partial charge in [-0.3, -0.25) is 24.0 Å². The lowest BCUT2D eigenvalue weighted by atomic mass is 9.96. The van der Waals surface area contributed by atoms with Gasteiger partial charge in [0.2, 0.25) is 0 Å². The van der Waals surface area contributed by atoms with Crippen LogP contribution in [0.25, 0.3) is 44.4 Å². The van der Waals surface area contributed by atoms with Crippen LogP contribution in [0.4, 0.5) is 0 Å². The minimum atomic E-state index is -1.18. The topological polar surface area (TPSA) is 244 Å². The Balaban J connectivity index is 2.03. The summed E-state index contributed by atoms with van der Waals surface area (Å²) in [5.41, 5.74) is 8.25. The average Bonchev–Trinajstić information content (AvgIpc) is 3.77. The van der Waals surface area contributed by atoms with E-state index in [9.17, 15) is 49.5 Å². The van der Waals surface area contributed by atoms with E-state index in [2.05, 4.69) is 41.8 Å². The number of aryl methyl sites for hydroxylation is 4. The molecule has 3 aromatic rings. The van der Waals surface area contributed by atoms with E-state index in [1.54, 1.807) is 13.0 Å². The fraction of sp³-hybridized carbons (Fsp3) is 0.324. The van der Waals surface area contributed by atoms with Crippen LogP contribution in [0.3, 0.4) is 0 Å². The Labute approximate surface area is 319 Å². The van der Waals surface area contributed by atoms with Gasteiger partial charge in [-0.15, -0.1) is 0 Å². The predicted octanol–water partition coefficient (Wildman–Crippen LogP) is 7.54. The maximum absolute atomic E-state index is 12.3. The average molecular weight is 857 g/mol. The van der Waals surface area contributed by atoms with Gasteiger partial charge in [-0.2, -0.15) is 0 Å². The predicted molar refractivity (Wildman–Crippen MR) is 203 cm³/mol. The normalized spacial score (nSPS) is 12.8. The summed E-state index contributed by atoms with van der Waals surface area (Å²) in [6.45, 7) is 5.44. The van der Waals surface area contributed by atoms with Gasteiger partial charge in [-0.25, -0.2) is 9.97 Å². The van der Waals surface area contributed by atoms with Crippen LogP contribution in [0.15, 0.2) is 21.1 Å². The van der Waals surface area contributed by atoms with Gasteiger partial charge in [-0.05, 0) is 135 Å². The highest BCUT2D eigenvalue weighted by atomic mass is 79.9. The Morgan fingerprint density at radius 2 is 1.08 bits per heavy atom. The number of carbonyl (C=O) groups is 5. The minimum Gasteiger partial charge on any atom is -0.481 e. The monoisotopic (exact) mass is 854 g/mol. The summed E-state index contributed by atoms with van der Waals surface area (Å²) in [6.07, 6.45) is -1.03. The number of H-pyrrole nitrogens is 2. The van der Waals surface area contributed by atoms with Crippen LogP contribution in [-0.4, -0.2) is 75.3 Å². The zero-order chi connectivity index (χ0) is 38.9. The quantitative estimate of drug-likeness (QED) is 0.0832. The third kappa shape index (κ3) is 8.28. The molecule has 53 heavy (non-hydrogen) atoms. The highest BCUT2D eigenvalue weighted by molar-refractivity contribution is 9.11. The first-order valence-electron chi connectivity index (χ1n) is 16.6. The van der Waals surface area contributed by atoms with E-state index in [0.717, 1.165) is 5.56 Å². The second-order valence-corrected chi connectivity index (χ2v) is 14.4. The summed E-state index contributed by atoms with van der Waals surface area (Å²) >= 11 is 7.40. The van der Waals surface area contributed by atoms with Crippen molar-refractivity contribution in [3.63, 3.8) is 0 Å². The lowest BCUT2D eigenvalue weighted by molar-refractivity contribution is -0.138. The first-order valence-corrected chi connectivity index (χ1v) is 18.2. The van der Waals surface area contributed by atoms with Crippen LogP contribution >= 0.6 is 31.9 Å². The number of aliphatic carboxylic acids is 5. The Bertz CT molecular complexity index is 2330. The summed E-state index contributed by atoms with van der Waals surface area (Å²) in [5.74, 6) is -5.30. The number of hydrogen-bond acceptors (Lipinski definition) is 7. The van der Waals surface area contributed by atoms with Crippen molar-refractivity contribution in [1.82, 2.24) is 19.9 Å². The molecular weight excluding hydrogens is 820 g/mol. The molecule has 0 saturated carbocycles. The number of allylic oxidation sites excluding steroid dienone is 3. The van der Waals surface area contributed by atoms with Crippen LogP contribution in [-0.2, 0) is 36.8 Å². The number of carboxylic acid groups (broad SMARTS) is 5. The molecule has 0 saturated heterocycles. The zero-order valence-electron chi connectivity index (χ0n) is 28.9. The van der Waals surface area contributed by atoms with Gasteiger partial charge in [-0.1, -0.05) is 0 Å². The lowest BCUT2D eigenvalue weighted by Gasteiger charge is -2.08. The number of rotatable bonds is 14. The molecule has 14 nitrogen and oxygen atoms in total. The van der Waals surface area contributed by atoms with Gasteiger partial charge in [0.1, 0.15) is 0 Å². The summed E-state index contributed by atoms with van der Waals surface area (Å²) in [6, 6.07) is 3.44. The molecule has 5 heterocycles. The van der Waals surface area contributed by atoms with Crippen molar-refractivity contribution in [3.8, 4) is 0 Å². The summed E-state index contributed by atoms with van der Waals surface area (Å²) in [5, 5.41) is 48.4. The molecule has 7 N–H and O–H groups in total. The smallest absolute Gasteiger partial charge is 0.307 e. The van der Waals surface area contributed by atoms with Crippen molar-refractivity contribution >= 4 is 106 Å². The number of nitrogens with one attached hydrogen (secondary N) is 2. The molecule has 8 bridgehead atoms. The van der Waals surface area contributed by atoms with E-state index in [1.165, 1.54) is 0 Å². The third-order valence-corrected chi connectivity index (χ3v) is 11.0. The molecule has 5 rings (SSSR count). The van der Waals surface area contributed by atoms with Crippen LogP contribution < -0.4 is 0 Å². The number of aromatic amines is 2. The molecule has 278 valence electrons. The van der Waals surface area contributed by atoms with Gasteiger partial charge in [0.15, 0.2) is 0 Å². The van der Waals surface area contributed by atoms with E-state index in [-0.39, 0.29) is 68.3 Å². The first-order chi connectivity index (χ1) is 25.0. The largest absolute Gasteiger partial charge is 0.481 e. The van der Waals surface area contributed by atoms with Crippen molar-refractivity contribution in [3.05, 3.63) is 66.1 Å². The molecule has 0 fully saturated rings. The molecule has 0 aliphatic carbocycles. The van der Waals surface area contributed by atoms with Crippen LogP contribution in [0, 0.1) is 13.8 Å². The second kappa shape index (κ2) is 15.9. The molecule has 0 aromatic carbocycles. The second-order valence-electron chi connectivity index (χ2n) is 12.9. The number of fused-ring (bicyclic) bond motifs is 8. The fourth-order valence-corrected chi connectivity index (χ4v) is 8.22. The van der Waals surface area contributed by atoms with E-state index >= 15 is 0 Å². The number of aromatic nitrogens is 4. The molecule has 0 atom stereocenters. The van der Waals surface area contributed by atoms with Crippen LogP contribution in [0.5, 0.6) is 0 Å². The van der Waals surface area contributed by atoms with E-state index in [0.29, 0.717) is 75.8 Å². The van der Waals surface area contributed by atoms with Crippen molar-refractivity contribution in [2.24, 2.45) is 0 Å². The maximum atomic E-state index is 12.3. The molecular formula is C37H36Br2N4O10. The molecule has 0 unspecified atom stereocenters. The molecule has 16 heteroatoms. The number of hydrogen-bond donors (Lipinski definition) is 7. The number of carboxylic acids is 5. The molecule has 0 radical (unpaired) electrons. The SMILES string of the molecule is CC1=C(CCC(=O)O)c2nc1c(Br)c1nc(cc3[nH]c(cc4[nH]c(c(C)c4CCC(=O)O)c2Br)c(C)c3CCC(=O)O)C(CC(=O)O)=C1CCC(=O)O. The molecule has 2 aliphatic rings. The molecule has 2 aliphatic heterocycles. The Kier molecular flexibility index (Phi) is 11.7. The number of nitrogens with zero attached hydrogens (tertiary/aromatic N) is 2. The van der Waals surface area contributed by atoms with Gasteiger partial charge < -0.3 is 35.5 Å². The van der Waals surface area contributed by atoms with Crippen LogP contribution in [0.1, 0.15) is 96.9 Å². The number of halogens is 2. The Morgan fingerprint density at radius 1 is 0.566 bits per heavy atom. The van der Waals surface area contributed by atoms with Gasteiger partial charge in [0, 0.05) is 42.2 Å². The van der Waals surface area contributed by atoms with Gasteiger partial charge >= 0.3 is 29.8 Å². The van der Waals surface area contributed by atoms with Crippen molar-refractivity contribution < 1.29 is 49.5 Å². The molecule has 3 aromatic heterocycles.